The zero-order valence-electron chi connectivity index (χ0n) is 16.2. The van der Waals surface area contributed by atoms with Crippen LogP contribution in [0.3, 0.4) is 0 Å². The first kappa shape index (κ1) is 21.1. The van der Waals surface area contributed by atoms with Gasteiger partial charge in [0.1, 0.15) is 0 Å². The van der Waals surface area contributed by atoms with Gasteiger partial charge in [0, 0.05) is 59.4 Å². The highest BCUT2D eigenvalue weighted by Crippen LogP contribution is 2.35. The first-order chi connectivity index (χ1) is 13.6. The molecule has 2 N–H and O–H groups in total. The third-order valence-electron chi connectivity index (χ3n) is 5.47. The summed E-state index contributed by atoms with van der Waals surface area (Å²) < 4.78 is 0. The van der Waals surface area contributed by atoms with Crippen molar-refractivity contribution in [1.82, 2.24) is 4.90 Å². The van der Waals surface area contributed by atoms with Gasteiger partial charge in [-0.15, -0.1) is 0 Å². The molecule has 4 nitrogen and oxygen atoms in total. The summed E-state index contributed by atoms with van der Waals surface area (Å²) in [7, 11) is 0. The molecule has 0 spiro atoms. The molecule has 1 atom stereocenters. The maximum Gasteiger partial charge on any atom is 0.226 e. The monoisotopic (exact) mass is 419 g/mol. The summed E-state index contributed by atoms with van der Waals surface area (Å²) in [4.78, 5) is 17.0. The lowest BCUT2D eigenvalue weighted by Crippen LogP contribution is -2.49. The number of carbonyl (C=O) groups is 1. The molecule has 150 valence electrons. The van der Waals surface area contributed by atoms with E-state index in [2.05, 4.69) is 4.90 Å². The van der Waals surface area contributed by atoms with E-state index in [-0.39, 0.29) is 18.0 Å². The van der Waals surface area contributed by atoms with E-state index in [0.29, 0.717) is 23.0 Å². The van der Waals surface area contributed by atoms with E-state index in [1.54, 1.807) is 0 Å². The number of carbonyl (C=O) groups excluding carboxylic acids is 1. The number of para-hydroxylation sites is 1. The van der Waals surface area contributed by atoms with Gasteiger partial charge in [0.2, 0.25) is 5.91 Å². The van der Waals surface area contributed by atoms with E-state index < -0.39 is 0 Å². The molecular weight excluding hydrogens is 393 g/mol. The van der Waals surface area contributed by atoms with Crippen molar-refractivity contribution in [3.8, 4) is 0 Å². The van der Waals surface area contributed by atoms with Gasteiger partial charge in [0.05, 0.1) is 0 Å². The molecule has 0 radical (unpaired) electrons. The molecule has 0 saturated carbocycles. The van der Waals surface area contributed by atoms with E-state index >= 15 is 0 Å². The number of hydrogen-bond acceptors (Lipinski definition) is 3. The number of rotatable bonds is 6. The Hall–Kier alpha value is -1.59. The van der Waals surface area contributed by atoms with E-state index in [1.165, 1.54) is 0 Å². The highest BCUT2D eigenvalue weighted by Gasteiger charge is 2.32. The normalized spacial score (nSPS) is 16.7. The van der Waals surface area contributed by atoms with Crippen LogP contribution in [0, 0.1) is 0 Å². The van der Waals surface area contributed by atoms with Crippen molar-refractivity contribution < 1.29 is 4.79 Å². The highest BCUT2D eigenvalue weighted by molar-refractivity contribution is 6.36. The molecule has 0 aromatic heterocycles. The van der Waals surface area contributed by atoms with Crippen LogP contribution in [-0.4, -0.2) is 36.5 Å². The second kappa shape index (κ2) is 9.75. The Balaban J connectivity index is 1.76. The molecule has 1 saturated heterocycles. The molecular formula is C22H27Cl2N3O. The van der Waals surface area contributed by atoms with Crippen LogP contribution < -0.4 is 10.6 Å². The predicted molar refractivity (Wildman–Crippen MR) is 117 cm³/mol. The van der Waals surface area contributed by atoms with Crippen molar-refractivity contribution in [2.24, 2.45) is 5.73 Å². The summed E-state index contributed by atoms with van der Waals surface area (Å²) in [5.74, 6) is 0.161. The molecule has 2 aromatic rings. The fourth-order valence-electron chi connectivity index (χ4n) is 4.05. The van der Waals surface area contributed by atoms with Crippen LogP contribution in [-0.2, 0) is 4.79 Å². The zero-order valence-corrected chi connectivity index (χ0v) is 17.7. The number of hydrogen-bond donors (Lipinski definition) is 1. The predicted octanol–water partition coefficient (Wildman–Crippen LogP) is 4.90. The first-order valence-electron chi connectivity index (χ1n) is 9.82. The van der Waals surface area contributed by atoms with Crippen LogP contribution in [0.15, 0.2) is 48.5 Å². The van der Waals surface area contributed by atoms with E-state index in [0.717, 1.165) is 37.2 Å². The third kappa shape index (κ3) is 4.52. The lowest BCUT2D eigenvalue weighted by atomic mass is 9.97. The van der Waals surface area contributed by atoms with Gasteiger partial charge < -0.3 is 10.6 Å². The molecule has 3 rings (SSSR count). The molecule has 1 aliphatic heterocycles. The Labute approximate surface area is 177 Å². The highest BCUT2D eigenvalue weighted by atomic mass is 35.5. The maximum absolute atomic E-state index is 12.7. The molecule has 6 heteroatoms. The van der Waals surface area contributed by atoms with E-state index in [4.69, 9.17) is 28.9 Å². The minimum absolute atomic E-state index is 0.0193. The fourth-order valence-corrected chi connectivity index (χ4v) is 4.70. The van der Waals surface area contributed by atoms with E-state index in [1.807, 2.05) is 60.4 Å². The molecule has 1 aliphatic rings. The van der Waals surface area contributed by atoms with Crippen molar-refractivity contribution in [1.29, 1.82) is 0 Å². The summed E-state index contributed by atoms with van der Waals surface area (Å²) in [6.45, 7) is 4.05. The Bertz CT molecular complexity index is 771. The van der Waals surface area contributed by atoms with Crippen LogP contribution >= 0.6 is 23.2 Å². The van der Waals surface area contributed by atoms with Gasteiger partial charge >= 0.3 is 0 Å². The summed E-state index contributed by atoms with van der Waals surface area (Å²) in [5, 5.41) is 1.30. The second-order valence-corrected chi connectivity index (χ2v) is 7.92. The largest absolute Gasteiger partial charge is 0.329 e. The lowest BCUT2D eigenvalue weighted by Gasteiger charge is -2.41. The number of anilines is 1. The van der Waals surface area contributed by atoms with Crippen LogP contribution in [0.2, 0.25) is 10.0 Å². The molecule has 1 unspecified atom stereocenters. The fraction of sp³-hybridized carbons (Fsp3) is 0.409. The average molecular weight is 420 g/mol. The molecule has 28 heavy (non-hydrogen) atoms. The van der Waals surface area contributed by atoms with Gasteiger partial charge in [-0.25, -0.2) is 0 Å². The SMILES string of the molecule is CCC(=O)N(c1ccccc1)C1CCN(C(CN)c2c(Cl)cccc2Cl)CC1. The van der Waals surface area contributed by atoms with Crippen LogP contribution in [0.4, 0.5) is 5.69 Å². The number of benzene rings is 2. The molecule has 1 amide bonds. The van der Waals surface area contributed by atoms with Crippen LogP contribution in [0.5, 0.6) is 0 Å². The van der Waals surface area contributed by atoms with Gasteiger partial charge in [0.25, 0.3) is 0 Å². The Morgan fingerprint density at radius 2 is 1.71 bits per heavy atom. The minimum atomic E-state index is -0.0193. The van der Waals surface area contributed by atoms with Crippen molar-refractivity contribution in [2.75, 3.05) is 24.5 Å². The number of likely N-dealkylation sites (tertiary alicyclic amines) is 1. The molecule has 1 heterocycles. The zero-order chi connectivity index (χ0) is 20.1. The third-order valence-corrected chi connectivity index (χ3v) is 6.13. The topological polar surface area (TPSA) is 49.6 Å². The number of halogens is 2. The average Bonchev–Trinajstić information content (AvgIpc) is 2.72. The Kier molecular flexibility index (Phi) is 7.36. The summed E-state index contributed by atoms with van der Waals surface area (Å²) in [6.07, 6.45) is 2.27. The van der Waals surface area contributed by atoms with Gasteiger partial charge in [0.15, 0.2) is 0 Å². The van der Waals surface area contributed by atoms with Gasteiger partial charge in [-0.2, -0.15) is 0 Å². The first-order valence-corrected chi connectivity index (χ1v) is 10.6. The van der Waals surface area contributed by atoms with Gasteiger partial charge in [-0.1, -0.05) is 54.4 Å². The van der Waals surface area contributed by atoms with E-state index in [9.17, 15) is 4.79 Å². The minimum Gasteiger partial charge on any atom is -0.329 e. The van der Waals surface area contributed by atoms with Crippen molar-refractivity contribution >= 4 is 34.8 Å². The molecule has 0 bridgehead atoms. The van der Waals surface area contributed by atoms with Crippen molar-refractivity contribution in [2.45, 2.75) is 38.3 Å². The van der Waals surface area contributed by atoms with Gasteiger partial charge in [-0.05, 0) is 37.1 Å². The summed E-state index contributed by atoms with van der Waals surface area (Å²) in [6, 6.07) is 15.7. The van der Waals surface area contributed by atoms with Crippen LogP contribution in [0.1, 0.15) is 37.8 Å². The van der Waals surface area contributed by atoms with Crippen molar-refractivity contribution in [3.63, 3.8) is 0 Å². The Morgan fingerprint density at radius 3 is 2.25 bits per heavy atom. The second-order valence-electron chi connectivity index (χ2n) is 7.11. The van der Waals surface area contributed by atoms with Crippen LogP contribution in [0.25, 0.3) is 0 Å². The summed E-state index contributed by atoms with van der Waals surface area (Å²) >= 11 is 12.8. The quantitative estimate of drug-likeness (QED) is 0.723. The van der Waals surface area contributed by atoms with Gasteiger partial charge in [-0.3, -0.25) is 9.69 Å². The van der Waals surface area contributed by atoms with Crippen molar-refractivity contribution in [3.05, 3.63) is 64.1 Å². The lowest BCUT2D eigenvalue weighted by molar-refractivity contribution is -0.119. The molecule has 2 aromatic carbocycles. The number of amides is 1. The molecule has 0 aliphatic carbocycles. The maximum atomic E-state index is 12.7. The molecule has 1 fully saturated rings. The number of piperidine rings is 1. The standard InChI is InChI=1S/C22H27Cl2N3O/c1-2-21(28)27(16-7-4-3-5-8-16)17-11-13-26(14-12-17)20(15-25)22-18(23)9-6-10-19(22)24/h3-10,17,20H,2,11-15,25H2,1H3. The summed E-state index contributed by atoms with van der Waals surface area (Å²) in [5.41, 5.74) is 7.97. The smallest absolute Gasteiger partial charge is 0.226 e. The number of nitrogens with two attached hydrogens (primary N) is 1. The number of nitrogens with zero attached hydrogens (tertiary/aromatic N) is 2. The Morgan fingerprint density at radius 1 is 1.11 bits per heavy atom.